The van der Waals surface area contributed by atoms with E-state index in [-0.39, 0.29) is 12.0 Å². The van der Waals surface area contributed by atoms with E-state index in [4.69, 9.17) is 4.74 Å². The quantitative estimate of drug-likeness (QED) is 0.528. The summed E-state index contributed by atoms with van der Waals surface area (Å²) >= 11 is 0. The maximum absolute atomic E-state index is 12.1. The number of nitrogens with zero attached hydrogens (tertiary/aromatic N) is 3. The van der Waals surface area contributed by atoms with E-state index < -0.39 is 0 Å². The van der Waals surface area contributed by atoms with Gasteiger partial charge in [0.05, 0.1) is 23.7 Å². The highest BCUT2D eigenvalue weighted by molar-refractivity contribution is 5.94. The third-order valence-electron chi connectivity index (χ3n) is 3.40. The van der Waals surface area contributed by atoms with Crippen molar-refractivity contribution in [1.82, 2.24) is 20.6 Å². The number of H-pyrrole nitrogens is 1. The van der Waals surface area contributed by atoms with Crippen molar-refractivity contribution in [1.29, 1.82) is 0 Å². The zero-order valence-corrected chi connectivity index (χ0v) is 14.5. The summed E-state index contributed by atoms with van der Waals surface area (Å²) in [5, 5.41) is 10.8. The molecule has 0 spiro atoms. The molecule has 3 aromatic rings. The van der Waals surface area contributed by atoms with Crippen LogP contribution in [0, 0.1) is 0 Å². The van der Waals surface area contributed by atoms with Crippen molar-refractivity contribution in [3.05, 3.63) is 66.1 Å². The summed E-state index contributed by atoms with van der Waals surface area (Å²) in [7, 11) is 0. The van der Waals surface area contributed by atoms with Crippen LogP contribution in [0.2, 0.25) is 0 Å². The Morgan fingerprint density at radius 3 is 2.73 bits per heavy atom. The lowest BCUT2D eigenvalue weighted by Gasteiger charge is -2.09. The molecule has 0 radical (unpaired) electrons. The standard InChI is InChI=1S/C19H19N5O2/c1-13(2)26-16-8-6-14(7-9-16)17-11-18(23-22-17)19(25)24-21-12-15-5-3-4-10-20-15/h3-13H,1-2H3,(H,22,23)(H,24,25). The molecule has 2 heterocycles. The molecule has 1 amide bonds. The van der Waals surface area contributed by atoms with Gasteiger partial charge in [-0.1, -0.05) is 6.07 Å². The average Bonchev–Trinajstić information content (AvgIpc) is 3.13. The van der Waals surface area contributed by atoms with Gasteiger partial charge < -0.3 is 4.74 Å². The molecule has 0 atom stereocenters. The van der Waals surface area contributed by atoms with E-state index in [1.165, 1.54) is 6.21 Å². The first-order valence-electron chi connectivity index (χ1n) is 8.19. The highest BCUT2D eigenvalue weighted by Gasteiger charge is 2.10. The third kappa shape index (κ3) is 4.54. The molecule has 7 heteroatoms. The van der Waals surface area contributed by atoms with Crippen molar-refractivity contribution in [3.63, 3.8) is 0 Å². The minimum absolute atomic E-state index is 0.119. The Bertz CT molecular complexity index is 886. The first kappa shape index (κ1) is 17.3. The molecular formula is C19H19N5O2. The van der Waals surface area contributed by atoms with Gasteiger partial charge in [0, 0.05) is 11.8 Å². The van der Waals surface area contributed by atoms with E-state index in [2.05, 4.69) is 25.7 Å². The maximum Gasteiger partial charge on any atom is 0.289 e. The minimum atomic E-state index is -0.379. The van der Waals surface area contributed by atoms with Gasteiger partial charge in [-0.2, -0.15) is 10.2 Å². The molecule has 2 aromatic heterocycles. The molecule has 132 valence electrons. The van der Waals surface area contributed by atoms with Crippen LogP contribution in [-0.2, 0) is 0 Å². The molecule has 0 saturated carbocycles. The molecule has 3 rings (SSSR count). The van der Waals surface area contributed by atoms with Gasteiger partial charge in [0.2, 0.25) is 0 Å². The normalized spacial score (nSPS) is 11.0. The number of aromatic nitrogens is 3. The molecule has 0 fully saturated rings. The van der Waals surface area contributed by atoms with Crippen LogP contribution in [0.15, 0.2) is 59.8 Å². The molecule has 0 unspecified atom stereocenters. The van der Waals surface area contributed by atoms with Crippen LogP contribution in [-0.4, -0.2) is 33.4 Å². The predicted molar refractivity (Wildman–Crippen MR) is 99.1 cm³/mol. The number of hydrogen-bond acceptors (Lipinski definition) is 5. The van der Waals surface area contributed by atoms with Crippen LogP contribution in [0.4, 0.5) is 0 Å². The molecule has 0 aliphatic rings. The maximum atomic E-state index is 12.1. The summed E-state index contributed by atoms with van der Waals surface area (Å²) in [6.07, 6.45) is 3.25. The lowest BCUT2D eigenvalue weighted by Crippen LogP contribution is -2.18. The van der Waals surface area contributed by atoms with E-state index in [1.807, 2.05) is 50.2 Å². The molecule has 0 aliphatic carbocycles. The molecule has 7 nitrogen and oxygen atoms in total. The van der Waals surface area contributed by atoms with Crippen molar-refractivity contribution in [2.45, 2.75) is 20.0 Å². The largest absolute Gasteiger partial charge is 0.491 e. The second-order valence-electron chi connectivity index (χ2n) is 5.81. The van der Waals surface area contributed by atoms with E-state index in [0.717, 1.165) is 11.3 Å². The Labute approximate surface area is 151 Å². The first-order valence-corrected chi connectivity index (χ1v) is 8.19. The topological polar surface area (TPSA) is 92.3 Å². The summed E-state index contributed by atoms with van der Waals surface area (Å²) in [5.74, 6) is 0.414. The smallest absolute Gasteiger partial charge is 0.289 e. The SMILES string of the molecule is CC(C)Oc1ccc(-c2cc(C(=O)NN=Cc3ccccn3)[nH]n2)cc1. The van der Waals surface area contributed by atoms with Gasteiger partial charge in [-0.15, -0.1) is 0 Å². The number of nitrogens with one attached hydrogen (secondary N) is 2. The number of rotatable bonds is 6. The lowest BCUT2D eigenvalue weighted by molar-refractivity contribution is 0.0950. The molecule has 1 aromatic carbocycles. The van der Waals surface area contributed by atoms with Gasteiger partial charge in [-0.25, -0.2) is 5.43 Å². The number of benzene rings is 1. The Morgan fingerprint density at radius 2 is 2.04 bits per heavy atom. The van der Waals surface area contributed by atoms with E-state index >= 15 is 0 Å². The lowest BCUT2D eigenvalue weighted by atomic mass is 10.1. The van der Waals surface area contributed by atoms with Gasteiger partial charge in [-0.3, -0.25) is 14.9 Å². The second-order valence-corrected chi connectivity index (χ2v) is 5.81. The summed E-state index contributed by atoms with van der Waals surface area (Å²) in [6.45, 7) is 3.95. The van der Waals surface area contributed by atoms with Crippen LogP contribution in [0.5, 0.6) is 5.75 Å². The highest BCUT2D eigenvalue weighted by Crippen LogP contribution is 2.21. The number of pyridine rings is 1. The predicted octanol–water partition coefficient (Wildman–Crippen LogP) is 3.02. The summed E-state index contributed by atoms with van der Waals surface area (Å²) in [6, 6.07) is 14.7. The van der Waals surface area contributed by atoms with E-state index in [9.17, 15) is 4.79 Å². The number of amides is 1. The molecule has 0 bridgehead atoms. The summed E-state index contributed by atoms with van der Waals surface area (Å²) in [4.78, 5) is 16.2. The summed E-state index contributed by atoms with van der Waals surface area (Å²) < 4.78 is 5.62. The zero-order chi connectivity index (χ0) is 18.4. The Hall–Kier alpha value is -3.48. The third-order valence-corrected chi connectivity index (χ3v) is 3.40. The van der Waals surface area contributed by atoms with Crippen molar-refractivity contribution < 1.29 is 9.53 Å². The molecule has 0 saturated heterocycles. The Kier molecular flexibility index (Phi) is 5.38. The number of ether oxygens (including phenoxy) is 1. The molecule has 0 aliphatic heterocycles. The van der Waals surface area contributed by atoms with Crippen LogP contribution in [0.25, 0.3) is 11.3 Å². The monoisotopic (exact) mass is 349 g/mol. The van der Waals surface area contributed by atoms with Crippen LogP contribution < -0.4 is 10.2 Å². The fourth-order valence-corrected chi connectivity index (χ4v) is 2.23. The molecule has 26 heavy (non-hydrogen) atoms. The van der Waals surface area contributed by atoms with E-state index in [1.54, 1.807) is 18.3 Å². The van der Waals surface area contributed by atoms with E-state index in [0.29, 0.717) is 17.1 Å². The number of hydrogen-bond donors (Lipinski definition) is 2. The zero-order valence-electron chi connectivity index (χ0n) is 14.5. The van der Waals surface area contributed by atoms with Gasteiger partial charge in [0.15, 0.2) is 0 Å². The Morgan fingerprint density at radius 1 is 1.23 bits per heavy atom. The van der Waals surface area contributed by atoms with Gasteiger partial charge in [0.1, 0.15) is 11.4 Å². The van der Waals surface area contributed by atoms with Crippen molar-refractivity contribution in [3.8, 4) is 17.0 Å². The number of aromatic amines is 1. The highest BCUT2D eigenvalue weighted by atomic mass is 16.5. The average molecular weight is 349 g/mol. The summed E-state index contributed by atoms with van der Waals surface area (Å²) in [5.41, 5.74) is 4.97. The minimum Gasteiger partial charge on any atom is -0.491 e. The van der Waals surface area contributed by atoms with Crippen molar-refractivity contribution >= 4 is 12.1 Å². The van der Waals surface area contributed by atoms with Gasteiger partial charge in [-0.05, 0) is 56.3 Å². The van der Waals surface area contributed by atoms with Crippen LogP contribution >= 0.6 is 0 Å². The van der Waals surface area contributed by atoms with Gasteiger partial charge in [0.25, 0.3) is 5.91 Å². The van der Waals surface area contributed by atoms with Crippen molar-refractivity contribution in [2.24, 2.45) is 5.10 Å². The Balaban J connectivity index is 1.63. The molecule has 2 N–H and O–H groups in total. The van der Waals surface area contributed by atoms with Crippen LogP contribution in [0.1, 0.15) is 30.0 Å². The van der Waals surface area contributed by atoms with Crippen LogP contribution in [0.3, 0.4) is 0 Å². The number of carbonyl (C=O) groups excluding carboxylic acids is 1. The second kappa shape index (κ2) is 8.06. The fourth-order valence-electron chi connectivity index (χ4n) is 2.23. The number of carbonyl (C=O) groups is 1. The fraction of sp³-hybridized carbons (Fsp3) is 0.158. The first-order chi connectivity index (χ1) is 12.6. The number of hydrazone groups is 1. The molecular weight excluding hydrogens is 330 g/mol. The van der Waals surface area contributed by atoms with Gasteiger partial charge >= 0.3 is 0 Å². The van der Waals surface area contributed by atoms with Crippen molar-refractivity contribution in [2.75, 3.05) is 0 Å².